The molecule has 0 aromatic rings. The van der Waals surface area contributed by atoms with Crippen molar-refractivity contribution in [2.45, 2.75) is 0 Å². The van der Waals surface area contributed by atoms with Crippen LogP contribution in [-0.2, 0) is 29.9 Å². The molecule has 4 nitrogen and oxygen atoms in total. The minimum absolute atomic E-state index is 0. The standard InChI is InChI=1S/H2O4S.H2S.Zn/c1-5(2,3)4;;/h(H2,1,2,3,4);1H2;/q;;+2/p-2. The zero-order valence-electron chi connectivity index (χ0n) is 3.25. The van der Waals surface area contributed by atoms with Crippen molar-refractivity contribution >= 4 is 23.9 Å². The Labute approximate surface area is 61.1 Å². The monoisotopic (exact) mass is 194 g/mol. The van der Waals surface area contributed by atoms with Crippen LogP contribution in [0.5, 0.6) is 0 Å². The molecule has 0 radical (unpaired) electrons. The molecule has 0 aromatic carbocycles. The van der Waals surface area contributed by atoms with E-state index < -0.39 is 10.4 Å². The Morgan fingerprint density at radius 1 is 1.14 bits per heavy atom. The van der Waals surface area contributed by atoms with Gasteiger partial charge in [-0.2, -0.15) is 13.5 Å². The minimum atomic E-state index is -5.17. The molecule has 0 aromatic heterocycles. The molecule has 0 saturated carbocycles. The predicted molar refractivity (Wildman–Crippen MR) is 20.9 cm³/mol. The second-order valence-corrected chi connectivity index (χ2v) is 1.22. The molecular weight excluding hydrogens is 194 g/mol. The summed E-state index contributed by atoms with van der Waals surface area (Å²) < 4.78 is 34.1. The number of hydrogen-bond acceptors (Lipinski definition) is 4. The maximum absolute atomic E-state index is 8.52. The van der Waals surface area contributed by atoms with Crippen molar-refractivity contribution in [3.05, 3.63) is 0 Å². The topological polar surface area (TPSA) is 80.3 Å². The van der Waals surface area contributed by atoms with Gasteiger partial charge in [0, 0.05) is 10.4 Å². The average molecular weight is 196 g/mol. The van der Waals surface area contributed by atoms with Crippen molar-refractivity contribution in [2.24, 2.45) is 0 Å². The first-order chi connectivity index (χ1) is 2.00. The van der Waals surface area contributed by atoms with Gasteiger partial charge in [-0.25, -0.2) is 0 Å². The van der Waals surface area contributed by atoms with Crippen molar-refractivity contribution in [3.8, 4) is 0 Å². The van der Waals surface area contributed by atoms with Crippen LogP contribution in [0.15, 0.2) is 0 Å². The normalized spacial score (nSPS) is 8.29. The third-order valence-electron chi connectivity index (χ3n) is 0. The van der Waals surface area contributed by atoms with Gasteiger partial charge in [0.25, 0.3) is 0 Å². The molecule has 0 amide bonds. The maximum atomic E-state index is 8.52. The fourth-order valence-electron chi connectivity index (χ4n) is 0. The fraction of sp³-hybridized carbons (Fsp3) is 0. The van der Waals surface area contributed by atoms with E-state index in [0.29, 0.717) is 0 Å². The van der Waals surface area contributed by atoms with E-state index in [1.54, 1.807) is 0 Å². The molecule has 0 fully saturated rings. The molecule has 0 saturated heterocycles. The van der Waals surface area contributed by atoms with Crippen LogP contribution in [-0.4, -0.2) is 17.5 Å². The van der Waals surface area contributed by atoms with Crippen LogP contribution in [0, 0.1) is 0 Å². The molecule has 0 aliphatic heterocycles. The van der Waals surface area contributed by atoms with Crippen LogP contribution >= 0.6 is 13.5 Å². The van der Waals surface area contributed by atoms with Crippen molar-refractivity contribution in [1.29, 1.82) is 0 Å². The first-order valence-electron chi connectivity index (χ1n) is 0.667. The van der Waals surface area contributed by atoms with Gasteiger partial charge in [0.05, 0.1) is 0 Å². The first-order valence-corrected chi connectivity index (χ1v) is 2.00. The maximum Gasteiger partial charge on any atom is 2.00 e. The Morgan fingerprint density at radius 3 is 1.14 bits per heavy atom. The van der Waals surface area contributed by atoms with Gasteiger partial charge in [0.15, 0.2) is 0 Å². The Bertz CT molecular complexity index is 92.9. The average Bonchev–Trinajstić information content (AvgIpc) is 0.722. The summed E-state index contributed by atoms with van der Waals surface area (Å²) in [5, 5.41) is 0. The third kappa shape index (κ3) is 226. The van der Waals surface area contributed by atoms with Gasteiger partial charge in [-0.1, -0.05) is 0 Å². The molecule has 0 spiro atoms. The van der Waals surface area contributed by atoms with Crippen LogP contribution in [0.4, 0.5) is 0 Å². The van der Waals surface area contributed by atoms with E-state index in [9.17, 15) is 0 Å². The Balaban J connectivity index is -0.0000000800. The molecule has 0 atom stereocenters. The summed E-state index contributed by atoms with van der Waals surface area (Å²) in [7, 11) is -5.17. The molecule has 0 aliphatic carbocycles. The first kappa shape index (κ1) is 15.7. The van der Waals surface area contributed by atoms with Crippen LogP contribution in [0.2, 0.25) is 0 Å². The van der Waals surface area contributed by atoms with Gasteiger partial charge in [0.1, 0.15) is 0 Å². The molecule has 0 heterocycles. The number of hydrogen-bond donors (Lipinski definition) is 0. The van der Waals surface area contributed by atoms with E-state index in [0.717, 1.165) is 0 Å². The summed E-state index contributed by atoms with van der Waals surface area (Å²) in [5.74, 6) is 0. The minimum Gasteiger partial charge on any atom is -0.759 e. The van der Waals surface area contributed by atoms with Gasteiger partial charge in [-0.3, -0.25) is 8.42 Å². The van der Waals surface area contributed by atoms with Crippen LogP contribution in [0.3, 0.4) is 0 Å². The molecule has 7 heteroatoms. The molecule has 40 valence electrons. The van der Waals surface area contributed by atoms with Gasteiger partial charge in [-0.15, -0.1) is 0 Å². The molecular formula is H2O4S2Zn. The van der Waals surface area contributed by atoms with Crippen molar-refractivity contribution in [1.82, 2.24) is 0 Å². The summed E-state index contributed by atoms with van der Waals surface area (Å²) in [5.41, 5.74) is 0. The summed E-state index contributed by atoms with van der Waals surface area (Å²) in [6, 6.07) is 0. The van der Waals surface area contributed by atoms with E-state index in [1.807, 2.05) is 0 Å². The second-order valence-electron chi connectivity index (χ2n) is 0.408. The van der Waals surface area contributed by atoms with E-state index >= 15 is 0 Å². The summed E-state index contributed by atoms with van der Waals surface area (Å²) in [6.07, 6.45) is 0. The van der Waals surface area contributed by atoms with Crippen LogP contribution in [0.1, 0.15) is 0 Å². The molecule has 7 heavy (non-hydrogen) atoms. The van der Waals surface area contributed by atoms with Crippen LogP contribution in [0.25, 0.3) is 0 Å². The second kappa shape index (κ2) is 4.99. The third-order valence-corrected chi connectivity index (χ3v) is 0. The molecule has 0 unspecified atom stereocenters. The van der Waals surface area contributed by atoms with Gasteiger partial charge in [0.2, 0.25) is 0 Å². The quantitative estimate of drug-likeness (QED) is 0.275. The SMILES string of the molecule is O=S(=O)([O-])[O-].S.[Zn+2]. The van der Waals surface area contributed by atoms with E-state index in [4.69, 9.17) is 17.5 Å². The summed E-state index contributed by atoms with van der Waals surface area (Å²) in [4.78, 5) is 0. The van der Waals surface area contributed by atoms with Crippen molar-refractivity contribution < 1.29 is 37.0 Å². The Kier molecular flexibility index (Phi) is 11.2. The fourth-order valence-corrected chi connectivity index (χ4v) is 0. The van der Waals surface area contributed by atoms with Crippen molar-refractivity contribution in [2.75, 3.05) is 0 Å². The van der Waals surface area contributed by atoms with Gasteiger partial charge in [-0.05, 0) is 0 Å². The predicted octanol–water partition coefficient (Wildman–Crippen LogP) is -1.23. The molecule has 0 rings (SSSR count). The van der Waals surface area contributed by atoms with Crippen molar-refractivity contribution in [3.63, 3.8) is 0 Å². The largest absolute Gasteiger partial charge is 2.00 e. The smallest absolute Gasteiger partial charge is 0.759 e. The Hall–Kier alpha value is 0.843. The Morgan fingerprint density at radius 2 is 1.14 bits per heavy atom. The zero-order chi connectivity index (χ0) is 4.50. The number of rotatable bonds is 0. The molecule has 0 aliphatic rings. The molecule has 0 bridgehead atoms. The van der Waals surface area contributed by atoms with Gasteiger partial charge >= 0.3 is 19.5 Å². The van der Waals surface area contributed by atoms with E-state index in [-0.39, 0.29) is 33.0 Å². The van der Waals surface area contributed by atoms with E-state index in [1.165, 1.54) is 0 Å². The van der Waals surface area contributed by atoms with E-state index in [2.05, 4.69) is 0 Å². The summed E-state index contributed by atoms with van der Waals surface area (Å²) >= 11 is 0. The zero-order valence-corrected chi connectivity index (χ0v) is 8.03. The summed E-state index contributed by atoms with van der Waals surface area (Å²) in [6.45, 7) is 0. The molecule has 0 N–H and O–H groups in total. The van der Waals surface area contributed by atoms with Crippen LogP contribution < -0.4 is 0 Å². The van der Waals surface area contributed by atoms with Gasteiger partial charge < -0.3 is 9.11 Å².